The van der Waals surface area contributed by atoms with Crippen molar-refractivity contribution < 1.29 is 23.7 Å². The van der Waals surface area contributed by atoms with Gasteiger partial charge in [-0.15, -0.1) is 0 Å². The third kappa shape index (κ3) is 5.87. The highest BCUT2D eigenvalue weighted by Gasteiger charge is 2.35. The van der Waals surface area contributed by atoms with Crippen LogP contribution in [0.3, 0.4) is 0 Å². The van der Waals surface area contributed by atoms with Gasteiger partial charge in [0.25, 0.3) is 5.91 Å². The zero-order valence-corrected chi connectivity index (χ0v) is 26.5. The number of methoxy groups -OCH3 is 3. The van der Waals surface area contributed by atoms with E-state index in [-0.39, 0.29) is 11.9 Å². The van der Waals surface area contributed by atoms with E-state index in [1.165, 1.54) is 29.7 Å². The Morgan fingerprint density at radius 1 is 0.711 bits per heavy atom. The van der Waals surface area contributed by atoms with Crippen LogP contribution >= 0.6 is 0 Å². The summed E-state index contributed by atoms with van der Waals surface area (Å²) in [6.45, 7) is 5.13. The number of carbonyl (C=O) groups excluding carboxylic acids is 1. The van der Waals surface area contributed by atoms with Gasteiger partial charge in [0.15, 0.2) is 23.0 Å². The first-order valence-electron chi connectivity index (χ1n) is 15.5. The van der Waals surface area contributed by atoms with E-state index in [4.69, 9.17) is 18.9 Å². The van der Waals surface area contributed by atoms with E-state index in [9.17, 15) is 4.79 Å². The molecule has 9 nitrogen and oxygen atoms in total. The lowest BCUT2D eigenvalue weighted by molar-refractivity contribution is 0.0992. The standard InChI is InChI=1S/C20H24N2O2.C16H16N2O3/c1-14-18-12-21-10-9-15(18)13-22(14)16-7-8-19(23-2)20(11-16)24-17-5-3-4-6-17;1-10-13-9-17-7-6-12(13)16(19)18(10)11-4-5-14(20-2)15(8-11)21-3/h7-12,14,17H,3-6,13H2,1-2H3;4-10H,1-3H3. The maximum atomic E-state index is 12.6. The summed E-state index contributed by atoms with van der Waals surface area (Å²) in [6, 6.07) is 15.9. The Bertz CT molecular complexity index is 1670. The highest BCUT2D eigenvalue weighted by atomic mass is 16.5. The normalized spacial score (nSPS) is 18.6. The average molecular weight is 609 g/mol. The smallest absolute Gasteiger partial charge is 0.259 e. The number of hydrogen-bond donors (Lipinski definition) is 0. The summed E-state index contributed by atoms with van der Waals surface area (Å²) in [5, 5.41) is 0. The molecule has 9 heteroatoms. The number of hydrogen-bond acceptors (Lipinski definition) is 8. The second-order valence-electron chi connectivity index (χ2n) is 11.6. The highest BCUT2D eigenvalue weighted by Crippen LogP contribution is 2.42. The molecule has 2 unspecified atom stereocenters. The van der Waals surface area contributed by atoms with Crippen molar-refractivity contribution in [2.45, 2.75) is 64.3 Å². The maximum Gasteiger partial charge on any atom is 0.259 e. The summed E-state index contributed by atoms with van der Waals surface area (Å²) in [6.07, 6.45) is 12.4. The molecule has 0 spiro atoms. The first kappa shape index (κ1) is 30.2. The molecular weight excluding hydrogens is 568 g/mol. The topological polar surface area (TPSA) is 86.2 Å². The first-order chi connectivity index (χ1) is 21.9. The van der Waals surface area contributed by atoms with Gasteiger partial charge in [-0.3, -0.25) is 14.8 Å². The van der Waals surface area contributed by atoms with Gasteiger partial charge in [0, 0.05) is 66.0 Å². The third-order valence-corrected chi connectivity index (χ3v) is 9.06. The Labute approximate surface area is 264 Å². The van der Waals surface area contributed by atoms with Crippen molar-refractivity contribution in [3.63, 3.8) is 0 Å². The first-order valence-corrected chi connectivity index (χ1v) is 15.5. The third-order valence-electron chi connectivity index (χ3n) is 9.06. The Hall–Kier alpha value is -4.79. The maximum absolute atomic E-state index is 12.6. The molecule has 1 saturated carbocycles. The summed E-state index contributed by atoms with van der Waals surface area (Å²) in [5.74, 6) is 2.90. The molecule has 4 aromatic rings. The molecule has 2 aromatic carbocycles. The number of ether oxygens (including phenoxy) is 4. The van der Waals surface area contributed by atoms with Crippen molar-refractivity contribution >= 4 is 17.3 Å². The Kier molecular flexibility index (Phi) is 8.78. The Morgan fingerprint density at radius 3 is 2.00 bits per heavy atom. The van der Waals surface area contributed by atoms with E-state index < -0.39 is 0 Å². The molecule has 4 heterocycles. The van der Waals surface area contributed by atoms with Crippen LogP contribution in [-0.2, 0) is 6.54 Å². The van der Waals surface area contributed by atoms with Gasteiger partial charge in [-0.05, 0) is 87.1 Å². The number of anilines is 2. The molecule has 3 aliphatic rings. The monoisotopic (exact) mass is 608 g/mol. The molecule has 234 valence electrons. The summed E-state index contributed by atoms with van der Waals surface area (Å²) >= 11 is 0. The molecule has 0 radical (unpaired) electrons. The molecule has 0 saturated heterocycles. The predicted octanol–water partition coefficient (Wildman–Crippen LogP) is 7.31. The fourth-order valence-electron chi connectivity index (χ4n) is 6.58. The molecule has 7 rings (SSSR count). The van der Waals surface area contributed by atoms with E-state index in [1.807, 2.05) is 37.5 Å². The quantitative estimate of drug-likeness (QED) is 0.216. The Morgan fingerprint density at radius 2 is 1.33 bits per heavy atom. The molecule has 2 aliphatic heterocycles. The van der Waals surface area contributed by atoms with Gasteiger partial charge in [0.05, 0.1) is 39.5 Å². The molecule has 2 atom stereocenters. The van der Waals surface area contributed by atoms with Crippen LogP contribution in [-0.4, -0.2) is 43.3 Å². The van der Waals surface area contributed by atoms with E-state index in [1.54, 1.807) is 50.8 Å². The number of rotatable bonds is 7. The lowest BCUT2D eigenvalue weighted by Gasteiger charge is -2.26. The summed E-state index contributed by atoms with van der Waals surface area (Å²) < 4.78 is 22.3. The van der Waals surface area contributed by atoms with Crippen molar-refractivity contribution in [2.24, 2.45) is 0 Å². The van der Waals surface area contributed by atoms with E-state index in [0.29, 0.717) is 29.2 Å². The molecule has 0 bridgehead atoms. The van der Waals surface area contributed by atoms with Crippen molar-refractivity contribution in [1.29, 1.82) is 0 Å². The van der Waals surface area contributed by atoms with E-state index >= 15 is 0 Å². The van der Waals surface area contributed by atoms with Gasteiger partial charge in [-0.1, -0.05) is 0 Å². The summed E-state index contributed by atoms with van der Waals surface area (Å²) in [4.78, 5) is 25.1. The van der Waals surface area contributed by atoms with Crippen LogP contribution in [0.2, 0.25) is 0 Å². The van der Waals surface area contributed by atoms with Gasteiger partial charge in [0.2, 0.25) is 0 Å². The van der Waals surface area contributed by atoms with Gasteiger partial charge in [0.1, 0.15) is 0 Å². The van der Waals surface area contributed by atoms with Crippen molar-refractivity contribution in [3.8, 4) is 23.0 Å². The fraction of sp³-hybridized carbons (Fsp3) is 0.361. The van der Waals surface area contributed by atoms with Gasteiger partial charge >= 0.3 is 0 Å². The van der Waals surface area contributed by atoms with Crippen LogP contribution in [0.15, 0.2) is 73.3 Å². The second kappa shape index (κ2) is 13.1. The van der Waals surface area contributed by atoms with Gasteiger partial charge < -0.3 is 28.7 Å². The summed E-state index contributed by atoms with van der Waals surface area (Å²) in [5.41, 5.74) is 6.26. The predicted molar refractivity (Wildman–Crippen MR) is 174 cm³/mol. The van der Waals surface area contributed by atoms with Crippen molar-refractivity contribution in [2.75, 3.05) is 31.1 Å². The number of fused-ring (bicyclic) bond motifs is 2. The SMILES string of the molecule is COc1ccc(N2C(=O)c3ccncc3C2C)cc1OC.COc1ccc(N2Cc3ccncc3C2C)cc1OC1CCCC1. The van der Waals surface area contributed by atoms with Crippen LogP contribution in [0.5, 0.6) is 23.0 Å². The van der Waals surface area contributed by atoms with Crippen LogP contribution in [0.25, 0.3) is 0 Å². The molecule has 2 aromatic heterocycles. The van der Waals surface area contributed by atoms with Crippen molar-refractivity contribution in [1.82, 2.24) is 9.97 Å². The minimum Gasteiger partial charge on any atom is -0.493 e. The zero-order valence-electron chi connectivity index (χ0n) is 26.5. The van der Waals surface area contributed by atoms with Crippen LogP contribution < -0.4 is 28.7 Å². The molecule has 1 amide bonds. The minimum absolute atomic E-state index is 0.0212. The fourth-order valence-corrected chi connectivity index (χ4v) is 6.58. The van der Waals surface area contributed by atoms with Gasteiger partial charge in [-0.2, -0.15) is 0 Å². The molecule has 1 fully saturated rings. The highest BCUT2D eigenvalue weighted by molar-refractivity contribution is 6.11. The van der Waals surface area contributed by atoms with Gasteiger partial charge in [-0.25, -0.2) is 0 Å². The molecular formula is C36H40N4O5. The van der Waals surface area contributed by atoms with Crippen LogP contribution in [0.4, 0.5) is 11.4 Å². The molecule has 1 aliphatic carbocycles. The molecule has 0 N–H and O–H groups in total. The van der Waals surface area contributed by atoms with Crippen molar-refractivity contribution in [3.05, 3.63) is 95.6 Å². The largest absolute Gasteiger partial charge is 0.493 e. The lowest BCUT2D eigenvalue weighted by Crippen LogP contribution is -2.26. The lowest BCUT2D eigenvalue weighted by atomic mass is 10.1. The number of carbonyl (C=O) groups is 1. The molecule has 45 heavy (non-hydrogen) atoms. The number of aromatic nitrogens is 2. The second-order valence-corrected chi connectivity index (χ2v) is 11.6. The van der Waals surface area contributed by atoms with E-state index in [0.717, 1.165) is 42.1 Å². The zero-order chi connectivity index (χ0) is 31.5. The van der Waals surface area contributed by atoms with Crippen LogP contribution in [0.1, 0.15) is 78.7 Å². The minimum atomic E-state index is -0.0562. The number of benzene rings is 2. The summed E-state index contributed by atoms with van der Waals surface area (Å²) in [7, 11) is 4.87. The average Bonchev–Trinajstić information content (AvgIpc) is 3.78. The Balaban J connectivity index is 0.000000160. The van der Waals surface area contributed by atoms with E-state index in [2.05, 4.69) is 40.0 Å². The number of amides is 1. The number of nitrogens with zero attached hydrogens (tertiary/aromatic N) is 4. The van der Waals surface area contributed by atoms with Crippen LogP contribution in [0, 0.1) is 0 Å². The number of pyridine rings is 2.